The van der Waals surface area contributed by atoms with Gasteiger partial charge in [0.25, 0.3) is 0 Å². The molecular weight excluding hydrogens is 344 g/mol. The Kier molecular flexibility index (Phi) is 4.41. The molecule has 3 rings (SSSR count). The monoisotopic (exact) mass is 366 g/mol. The third-order valence-corrected chi connectivity index (χ3v) is 6.66. The largest absolute Gasteiger partial charge is 0.359 e. The van der Waals surface area contributed by atoms with Crippen LogP contribution in [-0.2, 0) is 28.4 Å². The lowest BCUT2D eigenvalue weighted by molar-refractivity contribution is -0.121. The van der Waals surface area contributed by atoms with Gasteiger partial charge in [-0.1, -0.05) is 0 Å². The van der Waals surface area contributed by atoms with Gasteiger partial charge in [0.05, 0.1) is 36.1 Å². The molecule has 0 aromatic carbocycles. The van der Waals surface area contributed by atoms with Crippen molar-refractivity contribution in [1.29, 1.82) is 0 Å². The van der Waals surface area contributed by atoms with Crippen LogP contribution >= 0.6 is 0 Å². The summed E-state index contributed by atoms with van der Waals surface area (Å²) in [5.41, 5.74) is 1.84. The second kappa shape index (κ2) is 6.26. The Morgan fingerprint density at radius 1 is 1.40 bits per heavy atom. The summed E-state index contributed by atoms with van der Waals surface area (Å²) in [5.74, 6) is -0.153. The summed E-state index contributed by atoms with van der Waals surface area (Å²) in [6, 6.07) is 1.44. The van der Waals surface area contributed by atoms with E-state index in [9.17, 15) is 13.2 Å². The molecule has 1 atom stereocenters. The summed E-state index contributed by atoms with van der Waals surface area (Å²) in [6.45, 7) is 3.84. The van der Waals surface area contributed by atoms with Crippen molar-refractivity contribution < 1.29 is 13.2 Å². The molecule has 25 heavy (non-hydrogen) atoms. The first-order chi connectivity index (χ1) is 11.8. The first-order valence-corrected chi connectivity index (χ1v) is 9.43. The zero-order valence-corrected chi connectivity index (χ0v) is 15.5. The van der Waals surface area contributed by atoms with Crippen LogP contribution in [0.5, 0.6) is 0 Å². The molecule has 0 bridgehead atoms. The molecular formula is C15H22N6O3S. The third kappa shape index (κ3) is 2.95. The van der Waals surface area contributed by atoms with Gasteiger partial charge in [-0.25, -0.2) is 8.42 Å². The minimum atomic E-state index is -3.72. The topological polar surface area (TPSA) is 102 Å². The zero-order chi connectivity index (χ0) is 18.4. The first-order valence-electron chi connectivity index (χ1n) is 7.99. The van der Waals surface area contributed by atoms with Gasteiger partial charge in [0.15, 0.2) is 0 Å². The van der Waals surface area contributed by atoms with Crippen LogP contribution in [-0.4, -0.2) is 51.8 Å². The summed E-state index contributed by atoms with van der Waals surface area (Å²) < 4.78 is 31.2. The van der Waals surface area contributed by atoms with Crippen LogP contribution in [0.2, 0.25) is 0 Å². The molecule has 10 heteroatoms. The Bertz CT molecular complexity index is 914. The predicted octanol–water partition coefficient (Wildman–Crippen LogP) is 0.115. The minimum absolute atomic E-state index is 0.153. The number of fused-ring (bicyclic) bond motifs is 1. The fraction of sp³-hybridized carbons (Fsp3) is 0.533. The molecule has 1 amide bonds. The molecule has 0 saturated heterocycles. The summed E-state index contributed by atoms with van der Waals surface area (Å²) in [6.07, 6.45) is 1.80. The fourth-order valence-corrected chi connectivity index (χ4v) is 5.11. The van der Waals surface area contributed by atoms with Crippen LogP contribution in [0, 0.1) is 13.8 Å². The zero-order valence-electron chi connectivity index (χ0n) is 14.7. The molecule has 1 aliphatic rings. The van der Waals surface area contributed by atoms with E-state index in [4.69, 9.17) is 0 Å². The van der Waals surface area contributed by atoms with Crippen molar-refractivity contribution in [3.8, 4) is 0 Å². The van der Waals surface area contributed by atoms with Crippen molar-refractivity contribution in [3.05, 3.63) is 29.3 Å². The standard InChI is InChI=1S/C15H22N6O3S/c1-10-15(11(2)19(4)18-10)25(23,24)20-8-12-5-6-17-21(12)13(9-20)7-14(22)16-3/h5-6,13H,7-9H2,1-4H3,(H,16,22)/t13-/m0/s1. The summed E-state index contributed by atoms with van der Waals surface area (Å²) >= 11 is 0. The van der Waals surface area contributed by atoms with Gasteiger partial charge in [0.1, 0.15) is 4.90 Å². The van der Waals surface area contributed by atoms with Crippen LogP contribution in [0.4, 0.5) is 0 Å². The summed E-state index contributed by atoms with van der Waals surface area (Å²) in [7, 11) is -0.437. The van der Waals surface area contributed by atoms with Crippen molar-refractivity contribution in [2.75, 3.05) is 13.6 Å². The van der Waals surface area contributed by atoms with E-state index in [1.54, 1.807) is 49.6 Å². The first kappa shape index (κ1) is 17.6. The van der Waals surface area contributed by atoms with E-state index in [0.717, 1.165) is 5.69 Å². The Hall–Kier alpha value is -2.20. The van der Waals surface area contributed by atoms with Gasteiger partial charge in [-0.2, -0.15) is 14.5 Å². The maximum atomic E-state index is 13.2. The summed E-state index contributed by atoms with van der Waals surface area (Å²) in [4.78, 5) is 12.1. The van der Waals surface area contributed by atoms with E-state index in [-0.39, 0.29) is 36.4 Å². The lowest BCUT2D eigenvalue weighted by Gasteiger charge is -2.32. The van der Waals surface area contributed by atoms with E-state index >= 15 is 0 Å². The maximum absolute atomic E-state index is 13.2. The number of aryl methyl sites for hydroxylation is 2. The summed E-state index contributed by atoms with van der Waals surface area (Å²) in [5, 5.41) is 11.0. The van der Waals surface area contributed by atoms with E-state index in [0.29, 0.717) is 11.4 Å². The van der Waals surface area contributed by atoms with Gasteiger partial charge in [-0.3, -0.25) is 14.2 Å². The molecule has 0 radical (unpaired) electrons. The highest BCUT2D eigenvalue weighted by molar-refractivity contribution is 7.89. The third-order valence-electron chi connectivity index (χ3n) is 4.59. The molecule has 0 unspecified atom stereocenters. The van der Waals surface area contributed by atoms with Crippen LogP contribution < -0.4 is 5.32 Å². The number of hydrogen-bond donors (Lipinski definition) is 1. The van der Waals surface area contributed by atoms with Crippen molar-refractivity contribution in [3.63, 3.8) is 0 Å². The molecule has 1 aliphatic heterocycles. The van der Waals surface area contributed by atoms with Crippen molar-refractivity contribution >= 4 is 15.9 Å². The van der Waals surface area contributed by atoms with Gasteiger partial charge < -0.3 is 5.32 Å². The number of amides is 1. The molecule has 0 fully saturated rings. The Balaban J connectivity index is 1.99. The van der Waals surface area contributed by atoms with Crippen LogP contribution in [0.15, 0.2) is 17.2 Å². The van der Waals surface area contributed by atoms with Crippen molar-refractivity contribution in [2.45, 2.75) is 37.8 Å². The maximum Gasteiger partial charge on any atom is 0.247 e. The number of carbonyl (C=O) groups is 1. The smallest absolute Gasteiger partial charge is 0.247 e. The van der Waals surface area contributed by atoms with Gasteiger partial charge in [-0.15, -0.1) is 0 Å². The Morgan fingerprint density at radius 3 is 2.72 bits per heavy atom. The number of nitrogens with one attached hydrogen (secondary N) is 1. The number of rotatable bonds is 4. The molecule has 136 valence electrons. The number of hydrogen-bond acceptors (Lipinski definition) is 5. The van der Waals surface area contributed by atoms with Crippen molar-refractivity contribution in [1.82, 2.24) is 29.2 Å². The number of aromatic nitrogens is 4. The lowest BCUT2D eigenvalue weighted by Crippen LogP contribution is -2.42. The predicted molar refractivity (Wildman–Crippen MR) is 90.2 cm³/mol. The molecule has 0 saturated carbocycles. The molecule has 0 spiro atoms. The number of nitrogens with zero attached hydrogens (tertiary/aromatic N) is 5. The van der Waals surface area contributed by atoms with Crippen molar-refractivity contribution in [2.24, 2.45) is 7.05 Å². The highest BCUT2D eigenvalue weighted by Gasteiger charge is 2.37. The Labute approximate surface area is 146 Å². The van der Waals surface area contributed by atoms with E-state index in [1.807, 2.05) is 0 Å². The molecule has 9 nitrogen and oxygen atoms in total. The second-order valence-electron chi connectivity index (χ2n) is 6.22. The quantitative estimate of drug-likeness (QED) is 0.828. The van der Waals surface area contributed by atoms with Gasteiger partial charge in [0.2, 0.25) is 15.9 Å². The number of sulfonamides is 1. The van der Waals surface area contributed by atoms with Gasteiger partial charge in [-0.05, 0) is 19.9 Å². The molecule has 2 aromatic rings. The van der Waals surface area contributed by atoms with E-state index < -0.39 is 10.0 Å². The average Bonchev–Trinajstić information content (AvgIpc) is 3.12. The minimum Gasteiger partial charge on any atom is -0.359 e. The highest BCUT2D eigenvalue weighted by atomic mass is 32.2. The second-order valence-corrected chi connectivity index (χ2v) is 8.09. The lowest BCUT2D eigenvalue weighted by atomic mass is 10.1. The van der Waals surface area contributed by atoms with Crippen LogP contribution in [0.25, 0.3) is 0 Å². The van der Waals surface area contributed by atoms with E-state index in [1.165, 1.54) is 4.31 Å². The fourth-order valence-electron chi connectivity index (χ4n) is 3.26. The molecule has 1 N–H and O–H groups in total. The Morgan fingerprint density at radius 2 is 2.12 bits per heavy atom. The van der Waals surface area contributed by atoms with Crippen LogP contribution in [0.1, 0.15) is 29.5 Å². The number of carbonyl (C=O) groups excluding carboxylic acids is 1. The molecule has 3 heterocycles. The van der Waals surface area contributed by atoms with Gasteiger partial charge in [0, 0.05) is 26.8 Å². The molecule has 2 aromatic heterocycles. The average molecular weight is 366 g/mol. The normalized spacial score (nSPS) is 18.2. The van der Waals surface area contributed by atoms with E-state index in [2.05, 4.69) is 15.5 Å². The van der Waals surface area contributed by atoms with Crippen LogP contribution in [0.3, 0.4) is 0 Å². The SMILES string of the molecule is CNC(=O)C[C@H]1CN(S(=O)(=O)c2c(C)nn(C)c2C)Cc2ccnn21. The highest BCUT2D eigenvalue weighted by Crippen LogP contribution is 2.30. The molecule has 0 aliphatic carbocycles. The van der Waals surface area contributed by atoms with Gasteiger partial charge >= 0.3 is 0 Å².